The first-order chi connectivity index (χ1) is 8.66. The van der Waals surface area contributed by atoms with Gasteiger partial charge in [0.15, 0.2) is 0 Å². The van der Waals surface area contributed by atoms with Crippen LogP contribution in [0.2, 0.25) is 0 Å². The van der Waals surface area contributed by atoms with Crippen LogP contribution in [-0.4, -0.2) is 6.10 Å². The van der Waals surface area contributed by atoms with Gasteiger partial charge in [-0.1, -0.05) is 45.4 Å². The monoisotopic (exact) mass is 264 g/mol. The maximum absolute atomic E-state index is 6.13. The van der Waals surface area contributed by atoms with Gasteiger partial charge in [0, 0.05) is 16.9 Å². The molecule has 0 radical (unpaired) electrons. The minimum atomic E-state index is 0.416. The third-order valence-corrected chi connectivity index (χ3v) is 4.78. The Hall–Kier alpha value is -0.470. The molecule has 1 aliphatic carbocycles. The van der Waals surface area contributed by atoms with Crippen molar-refractivity contribution in [2.45, 2.75) is 51.0 Å². The van der Waals surface area contributed by atoms with Gasteiger partial charge in [0.25, 0.3) is 0 Å². The summed E-state index contributed by atoms with van der Waals surface area (Å²) in [5.41, 5.74) is 0. The largest absolute Gasteiger partial charge is 0.307 e. The zero-order valence-electron chi connectivity index (χ0n) is 11.6. The van der Waals surface area contributed by atoms with Crippen molar-refractivity contribution in [3.05, 3.63) is 30.3 Å². The summed E-state index contributed by atoms with van der Waals surface area (Å²) in [7, 11) is 0. The fourth-order valence-electron chi connectivity index (χ4n) is 2.82. The van der Waals surface area contributed by atoms with E-state index in [2.05, 4.69) is 45.0 Å². The molecule has 0 spiro atoms. The lowest BCUT2D eigenvalue weighted by Crippen LogP contribution is -2.32. The lowest BCUT2D eigenvalue weighted by atomic mass is 9.75. The molecule has 0 aliphatic heterocycles. The highest BCUT2D eigenvalue weighted by molar-refractivity contribution is 7.94. The van der Waals surface area contributed by atoms with E-state index in [1.807, 2.05) is 6.07 Å². The lowest BCUT2D eigenvalue weighted by Gasteiger charge is -2.36. The molecule has 0 aromatic heterocycles. The Balaban J connectivity index is 1.92. The molecule has 0 N–H and O–H groups in total. The van der Waals surface area contributed by atoms with Crippen molar-refractivity contribution in [2.75, 3.05) is 0 Å². The van der Waals surface area contributed by atoms with E-state index in [0.29, 0.717) is 6.10 Å². The third-order valence-electron chi connectivity index (χ3n) is 3.97. The molecule has 3 atom stereocenters. The molecule has 2 heteroatoms. The molecule has 2 rings (SSSR count). The van der Waals surface area contributed by atoms with E-state index in [4.69, 9.17) is 4.18 Å². The van der Waals surface area contributed by atoms with E-state index in [0.717, 1.165) is 17.8 Å². The molecule has 0 heterocycles. The molecule has 100 valence electrons. The molecule has 1 nitrogen and oxygen atoms in total. The first-order valence-electron chi connectivity index (χ1n) is 7.05. The topological polar surface area (TPSA) is 9.23 Å². The zero-order valence-corrected chi connectivity index (χ0v) is 12.5. The van der Waals surface area contributed by atoms with Gasteiger partial charge in [0.2, 0.25) is 0 Å². The van der Waals surface area contributed by atoms with E-state index in [9.17, 15) is 0 Å². The van der Waals surface area contributed by atoms with E-state index >= 15 is 0 Å². The minimum absolute atomic E-state index is 0.416. The number of benzene rings is 1. The van der Waals surface area contributed by atoms with Crippen molar-refractivity contribution in [1.82, 2.24) is 0 Å². The van der Waals surface area contributed by atoms with Crippen LogP contribution in [0.25, 0.3) is 0 Å². The summed E-state index contributed by atoms with van der Waals surface area (Å²) < 4.78 is 6.13. The summed E-state index contributed by atoms with van der Waals surface area (Å²) in [5, 5.41) is 0. The summed E-state index contributed by atoms with van der Waals surface area (Å²) in [6.45, 7) is 6.99. The quantitative estimate of drug-likeness (QED) is 0.694. The summed E-state index contributed by atoms with van der Waals surface area (Å²) in [5.74, 6) is 2.25. The highest BCUT2D eigenvalue weighted by Gasteiger charge is 2.31. The third kappa shape index (κ3) is 3.76. The Kier molecular flexibility index (Phi) is 5.13. The minimum Gasteiger partial charge on any atom is -0.307 e. The van der Waals surface area contributed by atoms with Crippen molar-refractivity contribution in [3.63, 3.8) is 0 Å². The van der Waals surface area contributed by atoms with Crippen LogP contribution in [0.5, 0.6) is 0 Å². The summed E-state index contributed by atoms with van der Waals surface area (Å²) in [6, 6.07) is 10.4. The van der Waals surface area contributed by atoms with Crippen molar-refractivity contribution < 1.29 is 4.18 Å². The van der Waals surface area contributed by atoms with Gasteiger partial charge in [0.05, 0.1) is 6.10 Å². The molecule has 1 aromatic carbocycles. The van der Waals surface area contributed by atoms with Crippen molar-refractivity contribution in [3.8, 4) is 0 Å². The van der Waals surface area contributed by atoms with Crippen LogP contribution in [0.3, 0.4) is 0 Å². The van der Waals surface area contributed by atoms with E-state index in [-0.39, 0.29) is 0 Å². The maximum Gasteiger partial charge on any atom is 0.0760 e. The summed E-state index contributed by atoms with van der Waals surface area (Å²) >= 11 is 1.55. The second kappa shape index (κ2) is 6.63. The Morgan fingerprint density at radius 2 is 1.89 bits per heavy atom. The molecule has 1 saturated carbocycles. The van der Waals surface area contributed by atoms with Crippen molar-refractivity contribution >= 4 is 12.0 Å². The molecule has 0 saturated heterocycles. The number of rotatable bonds is 4. The van der Waals surface area contributed by atoms with Crippen molar-refractivity contribution in [2.24, 2.45) is 17.8 Å². The van der Waals surface area contributed by atoms with Crippen molar-refractivity contribution in [1.29, 1.82) is 0 Å². The first-order valence-corrected chi connectivity index (χ1v) is 7.79. The standard InChI is InChI=1S/C16H24OS/c1-12(2)15-10-9-13(3)11-16(15)17-18-14-7-5-4-6-8-14/h4-8,12-13,15-16H,9-11H2,1-3H3/t13-,15+,16-/m1/s1. The lowest BCUT2D eigenvalue weighted by molar-refractivity contribution is 0.0623. The van der Waals surface area contributed by atoms with Gasteiger partial charge in [-0.25, -0.2) is 0 Å². The number of hydrogen-bond acceptors (Lipinski definition) is 2. The van der Waals surface area contributed by atoms with Gasteiger partial charge < -0.3 is 4.18 Å². The SMILES string of the molecule is CC(C)[C@@H]1CC[C@@H](C)C[C@H]1OSc1ccccc1. The fraction of sp³-hybridized carbons (Fsp3) is 0.625. The van der Waals surface area contributed by atoms with Gasteiger partial charge in [0.1, 0.15) is 0 Å². The van der Waals surface area contributed by atoms with Gasteiger partial charge in [-0.2, -0.15) is 0 Å². The Labute approximate surface area is 116 Å². The molecule has 0 bridgehead atoms. The van der Waals surface area contributed by atoms with E-state index in [1.165, 1.54) is 24.2 Å². The molecule has 1 aliphatic rings. The average molecular weight is 264 g/mol. The van der Waals surface area contributed by atoms with Gasteiger partial charge in [-0.15, -0.1) is 0 Å². The van der Waals surface area contributed by atoms with Crippen LogP contribution in [0.1, 0.15) is 40.0 Å². The Morgan fingerprint density at radius 1 is 1.17 bits per heavy atom. The highest BCUT2D eigenvalue weighted by atomic mass is 32.2. The fourth-order valence-corrected chi connectivity index (χ4v) is 3.54. The zero-order chi connectivity index (χ0) is 13.0. The van der Waals surface area contributed by atoms with E-state index in [1.54, 1.807) is 12.0 Å². The van der Waals surface area contributed by atoms with Gasteiger partial charge in [-0.3, -0.25) is 0 Å². The molecule has 0 amide bonds. The Bertz CT molecular complexity index is 349. The second-order valence-corrected chi connectivity index (χ2v) is 6.69. The molecule has 0 unspecified atom stereocenters. The molecular formula is C16H24OS. The van der Waals surface area contributed by atoms with Gasteiger partial charge in [-0.05, 0) is 42.7 Å². The summed E-state index contributed by atoms with van der Waals surface area (Å²) in [4.78, 5) is 1.21. The van der Waals surface area contributed by atoms with Crippen LogP contribution in [-0.2, 0) is 4.18 Å². The predicted molar refractivity (Wildman–Crippen MR) is 78.5 cm³/mol. The maximum atomic E-state index is 6.13. The predicted octanol–water partition coefficient (Wildman–Crippen LogP) is 5.17. The van der Waals surface area contributed by atoms with E-state index < -0.39 is 0 Å². The normalized spacial score (nSPS) is 28.6. The average Bonchev–Trinajstić information content (AvgIpc) is 2.37. The van der Waals surface area contributed by atoms with Gasteiger partial charge >= 0.3 is 0 Å². The second-order valence-electron chi connectivity index (χ2n) is 5.86. The van der Waals surface area contributed by atoms with Crippen LogP contribution >= 0.6 is 12.0 Å². The van der Waals surface area contributed by atoms with Crippen LogP contribution < -0.4 is 0 Å². The number of hydrogen-bond donors (Lipinski definition) is 0. The Morgan fingerprint density at radius 3 is 2.56 bits per heavy atom. The van der Waals surface area contributed by atoms with Crippen LogP contribution in [0, 0.1) is 17.8 Å². The molecular weight excluding hydrogens is 240 g/mol. The van der Waals surface area contributed by atoms with Crippen LogP contribution in [0.15, 0.2) is 35.2 Å². The molecule has 1 aromatic rings. The summed E-state index contributed by atoms with van der Waals surface area (Å²) in [6.07, 6.45) is 4.30. The smallest absolute Gasteiger partial charge is 0.0760 e. The first kappa shape index (κ1) is 14.0. The highest BCUT2D eigenvalue weighted by Crippen LogP contribution is 2.38. The van der Waals surface area contributed by atoms with Crippen LogP contribution in [0.4, 0.5) is 0 Å². The molecule has 1 fully saturated rings. The molecule has 18 heavy (non-hydrogen) atoms.